The van der Waals surface area contributed by atoms with E-state index < -0.39 is 10.0 Å². The summed E-state index contributed by atoms with van der Waals surface area (Å²) in [4.78, 5) is 0. The van der Waals surface area contributed by atoms with Crippen molar-refractivity contribution in [1.82, 2.24) is 4.72 Å². The molecule has 0 bridgehead atoms. The van der Waals surface area contributed by atoms with Gasteiger partial charge in [-0.05, 0) is 30.9 Å². The number of thiophene rings is 1. The van der Waals surface area contributed by atoms with Gasteiger partial charge in [0, 0.05) is 17.1 Å². The Balaban J connectivity index is 2.55. The summed E-state index contributed by atoms with van der Waals surface area (Å²) in [5.41, 5.74) is 6.01. The average Bonchev–Trinajstić information content (AvgIpc) is 2.65. The van der Waals surface area contributed by atoms with E-state index in [1.807, 2.05) is 18.7 Å². The first kappa shape index (κ1) is 14.8. The zero-order chi connectivity index (χ0) is 12.9. The van der Waals surface area contributed by atoms with Crippen LogP contribution in [0.15, 0.2) is 15.7 Å². The molecule has 0 saturated heterocycles. The van der Waals surface area contributed by atoms with Crippen molar-refractivity contribution in [2.24, 2.45) is 0 Å². The maximum absolute atomic E-state index is 11.9. The van der Waals surface area contributed by atoms with Crippen molar-refractivity contribution in [3.63, 3.8) is 0 Å². The van der Waals surface area contributed by atoms with E-state index in [1.54, 1.807) is 5.38 Å². The second-order valence-corrected chi connectivity index (χ2v) is 7.95. The minimum absolute atomic E-state index is 0.0534. The van der Waals surface area contributed by atoms with Gasteiger partial charge in [0.1, 0.15) is 4.21 Å². The Morgan fingerprint density at radius 1 is 1.59 bits per heavy atom. The number of hydrogen-bond donors (Lipinski definition) is 2. The Bertz CT molecular complexity index is 442. The average molecular weight is 294 g/mol. The first-order valence-corrected chi connectivity index (χ1v) is 8.91. The number of hydrogen-bond acceptors (Lipinski definition) is 5. The second kappa shape index (κ2) is 6.63. The van der Waals surface area contributed by atoms with Crippen LogP contribution in [0.1, 0.15) is 20.3 Å². The van der Waals surface area contributed by atoms with Crippen LogP contribution in [-0.4, -0.2) is 26.0 Å². The quantitative estimate of drug-likeness (QED) is 0.756. The number of anilines is 1. The minimum Gasteiger partial charge on any atom is -0.398 e. The zero-order valence-corrected chi connectivity index (χ0v) is 12.4. The first-order valence-electron chi connectivity index (χ1n) is 5.39. The number of nitrogens with one attached hydrogen (secondary N) is 1. The largest absolute Gasteiger partial charge is 0.398 e. The highest BCUT2D eigenvalue weighted by atomic mass is 32.2. The molecule has 0 aromatic carbocycles. The summed E-state index contributed by atoms with van der Waals surface area (Å²) < 4.78 is 26.8. The van der Waals surface area contributed by atoms with Crippen molar-refractivity contribution < 1.29 is 8.42 Å². The molecule has 1 heterocycles. The van der Waals surface area contributed by atoms with Crippen molar-refractivity contribution in [1.29, 1.82) is 0 Å². The molecule has 1 unspecified atom stereocenters. The van der Waals surface area contributed by atoms with Gasteiger partial charge in [-0.25, -0.2) is 13.1 Å². The SMILES string of the molecule is CCSCCC(C)NS(=O)(=O)c1cc(N)cs1. The number of nitrogen functional groups attached to an aromatic ring is 1. The van der Waals surface area contributed by atoms with Crippen molar-refractivity contribution >= 4 is 38.8 Å². The molecule has 17 heavy (non-hydrogen) atoms. The molecule has 0 radical (unpaired) electrons. The smallest absolute Gasteiger partial charge is 0.250 e. The van der Waals surface area contributed by atoms with Gasteiger partial charge in [-0.15, -0.1) is 11.3 Å². The summed E-state index contributed by atoms with van der Waals surface area (Å²) in [6.07, 6.45) is 0.832. The van der Waals surface area contributed by atoms with Crippen LogP contribution in [-0.2, 0) is 10.0 Å². The fourth-order valence-corrected chi connectivity index (χ4v) is 4.44. The predicted octanol–water partition coefficient (Wildman–Crippen LogP) is 2.14. The van der Waals surface area contributed by atoms with Crippen LogP contribution in [0.4, 0.5) is 5.69 Å². The molecule has 0 amide bonds. The van der Waals surface area contributed by atoms with E-state index in [1.165, 1.54) is 6.07 Å². The molecule has 1 atom stereocenters. The third-order valence-electron chi connectivity index (χ3n) is 2.12. The lowest BCUT2D eigenvalue weighted by atomic mass is 10.3. The molecule has 4 nitrogen and oxygen atoms in total. The van der Waals surface area contributed by atoms with Crippen molar-refractivity contribution in [3.05, 3.63) is 11.4 Å². The van der Waals surface area contributed by atoms with E-state index >= 15 is 0 Å². The lowest BCUT2D eigenvalue weighted by Crippen LogP contribution is -2.32. The van der Waals surface area contributed by atoms with Crippen molar-refractivity contribution in [2.75, 3.05) is 17.2 Å². The number of nitrogens with two attached hydrogens (primary N) is 1. The van der Waals surface area contributed by atoms with E-state index in [2.05, 4.69) is 11.6 Å². The molecule has 1 aromatic heterocycles. The summed E-state index contributed by atoms with van der Waals surface area (Å²) in [6, 6.07) is 1.43. The third-order valence-corrected chi connectivity index (χ3v) is 6.10. The van der Waals surface area contributed by atoms with Crippen LogP contribution < -0.4 is 10.5 Å². The Morgan fingerprint density at radius 3 is 2.82 bits per heavy atom. The molecule has 98 valence electrons. The topological polar surface area (TPSA) is 72.2 Å². The molecule has 0 aliphatic rings. The standard InChI is InChI=1S/C10H18N2O2S3/c1-3-15-5-4-8(2)12-17(13,14)10-6-9(11)7-16-10/h6-8,12H,3-5,11H2,1-2H3. The third kappa shape index (κ3) is 4.87. The minimum atomic E-state index is -3.40. The van der Waals surface area contributed by atoms with Gasteiger partial charge in [-0.2, -0.15) is 11.8 Å². The van der Waals surface area contributed by atoms with Gasteiger partial charge in [-0.1, -0.05) is 6.92 Å². The number of sulfonamides is 1. The van der Waals surface area contributed by atoms with Gasteiger partial charge in [0.25, 0.3) is 0 Å². The van der Waals surface area contributed by atoms with E-state index in [9.17, 15) is 8.42 Å². The van der Waals surface area contributed by atoms with E-state index in [4.69, 9.17) is 5.73 Å². The molecule has 0 fully saturated rings. The summed E-state index contributed by atoms with van der Waals surface area (Å²) in [5.74, 6) is 2.02. The Hall–Kier alpha value is -0.240. The van der Waals surface area contributed by atoms with Gasteiger partial charge < -0.3 is 5.73 Å². The maximum Gasteiger partial charge on any atom is 0.250 e. The molecule has 3 N–H and O–H groups in total. The molecule has 7 heteroatoms. The number of thioether (sulfide) groups is 1. The van der Waals surface area contributed by atoms with E-state index in [0.29, 0.717) is 5.69 Å². The monoisotopic (exact) mass is 294 g/mol. The lowest BCUT2D eigenvalue weighted by Gasteiger charge is -2.12. The zero-order valence-electron chi connectivity index (χ0n) is 9.97. The fraction of sp³-hybridized carbons (Fsp3) is 0.600. The van der Waals surface area contributed by atoms with Crippen molar-refractivity contribution in [3.8, 4) is 0 Å². The highest BCUT2D eigenvalue weighted by molar-refractivity contribution is 7.99. The summed E-state index contributed by atoms with van der Waals surface area (Å²) >= 11 is 2.96. The molecule has 0 aliphatic heterocycles. The highest BCUT2D eigenvalue weighted by Gasteiger charge is 2.18. The Labute approximate surface area is 111 Å². The molecule has 0 aliphatic carbocycles. The predicted molar refractivity (Wildman–Crippen MR) is 76.1 cm³/mol. The van der Waals surface area contributed by atoms with Crippen LogP contribution >= 0.6 is 23.1 Å². The van der Waals surface area contributed by atoms with Gasteiger partial charge in [0.15, 0.2) is 0 Å². The number of rotatable bonds is 7. The van der Waals surface area contributed by atoms with Gasteiger partial charge in [-0.3, -0.25) is 0 Å². The molecular formula is C10H18N2O2S3. The normalized spacial score (nSPS) is 13.8. The summed E-state index contributed by atoms with van der Waals surface area (Å²) in [5, 5.41) is 1.63. The fourth-order valence-electron chi connectivity index (χ4n) is 1.26. The van der Waals surface area contributed by atoms with Crippen LogP contribution in [0.5, 0.6) is 0 Å². The van der Waals surface area contributed by atoms with E-state index in [0.717, 1.165) is 29.3 Å². The Kier molecular flexibility index (Phi) is 5.78. The van der Waals surface area contributed by atoms with Crippen LogP contribution in [0, 0.1) is 0 Å². The van der Waals surface area contributed by atoms with Crippen molar-refractivity contribution in [2.45, 2.75) is 30.5 Å². The molecule has 0 spiro atoms. The molecule has 1 aromatic rings. The molecule has 1 rings (SSSR count). The van der Waals surface area contributed by atoms with Crippen LogP contribution in [0.3, 0.4) is 0 Å². The molecule has 0 saturated carbocycles. The molecular weight excluding hydrogens is 276 g/mol. The second-order valence-electron chi connectivity index (χ2n) is 3.71. The van der Waals surface area contributed by atoms with Gasteiger partial charge >= 0.3 is 0 Å². The van der Waals surface area contributed by atoms with E-state index in [-0.39, 0.29) is 10.3 Å². The maximum atomic E-state index is 11.9. The summed E-state index contributed by atoms with van der Waals surface area (Å²) in [6.45, 7) is 3.97. The van der Waals surface area contributed by atoms with Crippen LogP contribution in [0.25, 0.3) is 0 Å². The first-order chi connectivity index (χ1) is 7.95. The summed E-state index contributed by atoms with van der Waals surface area (Å²) in [7, 11) is -3.40. The van der Waals surface area contributed by atoms with Gasteiger partial charge in [0.2, 0.25) is 10.0 Å². The van der Waals surface area contributed by atoms with Gasteiger partial charge in [0.05, 0.1) is 0 Å². The Morgan fingerprint density at radius 2 is 2.29 bits per heavy atom. The lowest BCUT2D eigenvalue weighted by molar-refractivity contribution is 0.559. The van der Waals surface area contributed by atoms with Crippen LogP contribution in [0.2, 0.25) is 0 Å². The highest BCUT2D eigenvalue weighted by Crippen LogP contribution is 2.21.